The van der Waals surface area contributed by atoms with E-state index in [-0.39, 0.29) is 5.41 Å². The zero-order valence-corrected chi connectivity index (χ0v) is 12.6. The van der Waals surface area contributed by atoms with Gasteiger partial charge in [0.1, 0.15) is 4.88 Å². The highest BCUT2D eigenvalue weighted by molar-refractivity contribution is 7.14. The summed E-state index contributed by atoms with van der Waals surface area (Å²) in [6.45, 7) is 2.44. The fourth-order valence-electron chi connectivity index (χ4n) is 5.84. The van der Waals surface area contributed by atoms with E-state index in [2.05, 4.69) is 6.92 Å². The van der Waals surface area contributed by atoms with E-state index in [0.29, 0.717) is 16.0 Å². The number of hydrogen-bond acceptors (Lipinski definition) is 3. The third-order valence-corrected chi connectivity index (χ3v) is 7.22. The Balaban J connectivity index is 1.78. The topological polar surface area (TPSA) is 63.3 Å². The van der Waals surface area contributed by atoms with E-state index >= 15 is 0 Å². The molecule has 4 bridgehead atoms. The van der Waals surface area contributed by atoms with Crippen molar-refractivity contribution in [3.8, 4) is 0 Å². The minimum absolute atomic E-state index is 0.228. The molecule has 0 aliphatic heterocycles. The average Bonchev–Trinajstić information content (AvgIpc) is 2.68. The van der Waals surface area contributed by atoms with Gasteiger partial charge >= 0.3 is 5.97 Å². The Morgan fingerprint density at radius 3 is 2.50 bits per heavy atom. The van der Waals surface area contributed by atoms with Gasteiger partial charge in [-0.2, -0.15) is 0 Å². The summed E-state index contributed by atoms with van der Waals surface area (Å²) in [7, 11) is 0. The van der Waals surface area contributed by atoms with Crippen LogP contribution in [0.1, 0.15) is 60.0 Å². The number of nitrogen functional groups attached to an aromatic ring is 1. The van der Waals surface area contributed by atoms with E-state index < -0.39 is 5.97 Å². The Bertz CT molecular complexity index is 577. The number of carbonyl (C=O) groups is 1. The van der Waals surface area contributed by atoms with Crippen molar-refractivity contribution >= 4 is 23.0 Å². The van der Waals surface area contributed by atoms with Crippen molar-refractivity contribution < 1.29 is 9.90 Å². The highest BCUT2D eigenvalue weighted by Gasteiger charge is 2.56. The summed E-state index contributed by atoms with van der Waals surface area (Å²) in [5.74, 6) is 0.811. The highest BCUT2D eigenvalue weighted by Crippen LogP contribution is 2.66. The van der Waals surface area contributed by atoms with E-state index in [9.17, 15) is 9.90 Å². The molecule has 1 heterocycles. The molecule has 4 aliphatic carbocycles. The molecule has 0 amide bonds. The Morgan fingerprint density at radius 1 is 1.35 bits per heavy atom. The first-order valence-corrected chi connectivity index (χ1v) is 8.34. The van der Waals surface area contributed by atoms with Crippen LogP contribution in [0.5, 0.6) is 0 Å². The summed E-state index contributed by atoms with van der Waals surface area (Å²) in [5, 5.41) is 9.24. The maximum Gasteiger partial charge on any atom is 0.348 e. The number of hydrogen-bond donors (Lipinski definition) is 2. The molecule has 0 spiro atoms. The van der Waals surface area contributed by atoms with Gasteiger partial charge in [0.15, 0.2) is 0 Å². The van der Waals surface area contributed by atoms with Gasteiger partial charge in [-0.15, -0.1) is 11.3 Å². The first-order chi connectivity index (χ1) is 9.39. The van der Waals surface area contributed by atoms with Gasteiger partial charge < -0.3 is 10.8 Å². The van der Waals surface area contributed by atoms with Gasteiger partial charge in [-0.3, -0.25) is 0 Å². The fourth-order valence-corrected chi connectivity index (χ4v) is 6.97. The first kappa shape index (κ1) is 12.7. The summed E-state index contributed by atoms with van der Waals surface area (Å²) < 4.78 is 0. The molecule has 20 heavy (non-hydrogen) atoms. The van der Waals surface area contributed by atoms with Crippen molar-refractivity contribution in [1.29, 1.82) is 0 Å². The molecule has 108 valence electrons. The molecule has 4 aliphatic rings. The predicted molar refractivity (Wildman–Crippen MR) is 80.2 cm³/mol. The van der Waals surface area contributed by atoms with Crippen molar-refractivity contribution in [2.45, 2.75) is 50.9 Å². The molecular formula is C16H21NO2S. The van der Waals surface area contributed by atoms with Gasteiger partial charge in [0.2, 0.25) is 0 Å². The van der Waals surface area contributed by atoms with Crippen LogP contribution in [0.15, 0.2) is 6.07 Å². The largest absolute Gasteiger partial charge is 0.477 e. The SMILES string of the molecule is CC12CC3CC(C1)CC(c1cc(N)c(C(=O)O)s1)(C3)C2. The molecule has 4 saturated carbocycles. The molecule has 0 aromatic carbocycles. The van der Waals surface area contributed by atoms with Crippen LogP contribution in [-0.4, -0.2) is 11.1 Å². The van der Waals surface area contributed by atoms with Gasteiger partial charge in [0.05, 0.1) is 5.69 Å². The van der Waals surface area contributed by atoms with Gasteiger partial charge in [-0.1, -0.05) is 6.92 Å². The van der Waals surface area contributed by atoms with Crippen molar-refractivity contribution in [3.63, 3.8) is 0 Å². The summed E-state index contributed by atoms with van der Waals surface area (Å²) in [5.41, 5.74) is 7.09. The fraction of sp³-hybridized carbons (Fsp3) is 0.688. The molecule has 0 saturated heterocycles. The molecule has 2 unspecified atom stereocenters. The predicted octanol–water partition coefficient (Wildman–Crippen LogP) is 3.89. The van der Waals surface area contributed by atoms with E-state index in [1.807, 2.05) is 6.07 Å². The lowest BCUT2D eigenvalue weighted by molar-refractivity contribution is -0.0602. The number of carboxylic acid groups (broad SMARTS) is 1. The average molecular weight is 291 g/mol. The normalized spacial score (nSPS) is 42.0. The van der Waals surface area contributed by atoms with Gasteiger partial charge in [-0.25, -0.2) is 4.79 Å². The number of nitrogens with two attached hydrogens (primary N) is 1. The standard InChI is InChI=1S/C16H21NO2S/c1-15-4-9-2-10(5-15)7-16(6-9,8-15)12-3-11(17)13(20-12)14(18)19/h3,9-10H,2,4-8,17H2,1H3,(H,18,19). The lowest BCUT2D eigenvalue weighted by Crippen LogP contribution is -2.52. The van der Waals surface area contributed by atoms with Crippen molar-refractivity contribution in [3.05, 3.63) is 15.8 Å². The smallest absolute Gasteiger partial charge is 0.348 e. The Kier molecular flexibility index (Phi) is 2.40. The van der Waals surface area contributed by atoms with E-state index in [1.54, 1.807) is 0 Å². The molecule has 1 aromatic rings. The molecule has 1 aromatic heterocycles. The molecular weight excluding hydrogens is 270 g/mol. The molecule has 3 nitrogen and oxygen atoms in total. The summed E-state index contributed by atoms with van der Waals surface area (Å²) in [6.07, 6.45) is 7.86. The molecule has 4 heteroatoms. The Labute approximate surface area is 123 Å². The second kappa shape index (κ2) is 3.79. The Hall–Kier alpha value is -1.03. The van der Waals surface area contributed by atoms with E-state index in [4.69, 9.17) is 5.73 Å². The second-order valence-electron chi connectivity index (χ2n) is 7.75. The first-order valence-electron chi connectivity index (χ1n) is 7.52. The van der Waals surface area contributed by atoms with Crippen molar-refractivity contribution in [2.75, 3.05) is 5.73 Å². The van der Waals surface area contributed by atoms with E-state index in [0.717, 1.165) is 11.8 Å². The summed E-state index contributed by atoms with van der Waals surface area (Å²) in [6, 6.07) is 1.96. The number of rotatable bonds is 2. The second-order valence-corrected chi connectivity index (χ2v) is 8.80. The number of anilines is 1. The molecule has 5 rings (SSSR count). The van der Waals surface area contributed by atoms with Gasteiger partial charge in [0, 0.05) is 10.3 Å². The molecule has 3 N–H and O–H groups in total. The minimum atomic E-state index is -0.880. The molecule has 4 fully saturated rings. The van der Waals surface area contributed by atoms with Crippen molar-refractivity contribution in [1.82, 2.24) is 0 Å². The monoisotopic (exact) mass is 291 g/mol. The highest BCUT2D eigenvalue weighted by atomic mass is 32.1. The van der Waals surface area contributed by atoms with Crippen LogP contribution in [0.4, 0.5) is 5.69 Å². The van der Waals surface area contributed by atoms with Crippen LogP contribution >= 0.6 is 11.3 Å². The van der Waals surface area contributed by atoms with Crippen LogP contribution < -0.4 is 5.73 Å². The maximum atomic E-state index is 11.3. The third kappa shape index (κ3) is 1.67. The number of aromatic carboxylic acids is 1. The minimum Gasteiger partial charge on any atom is -0.477 e. The number of carboxylic acids is 1. The Morgan fingerprint density at radius 2 is 2.00 bits per heavy atom. The lowest BCUT2D eigenvalue weighted by Gasteiger charge is -2.61. The molecule has 0 radical (unpaired) electrons. The van der Waals surface area contributed by atoms with Crippen molar-refractivity contribution in [2.24, 2.45) is 17.3 Å². The quantitative estimate of drug-likeness (QED) is 0.869. The van der Waals surface area contributed by atoms with Crippen LogP contribution in [-0.2, 0) is 5.41 Å². The zero-order chi connectivity index (χ0) is 14.1. The van der Waals surface area contributed by atoms with Crippen LogP contribution in [0.3, 0.4) is 0 Å². The summed E-state index contributed by atoms with van der Waals surface area (Å²) in [4.78, 5) is 12.8. The maximum absolute atomic E-state index is 11.3. The van der Waals surface area contributed by atoms with Gasteiger partial charge in [-0.05, 0) is 61.8 Å². The molecule has 2 atom stereocenters. The van der Waals surface area contributed by atoms with E-state index in [1.165, 1.54) is 54.7 Å². The zero-order valence-electron chi connectivity index (χ0n) is 11.8. The lowest BCUT2D eigenvalue weighted by atomic mass is 9.44. The van der Waals surface area contributed by atoms with Crippen LogP contribution in [0, 0.1) is 17.3 Å². The summed E-state index contributed by atoms with van der Waals surface area (Å²) >= 11 is 1.43. The van der Waals surface area contributed by atoms with Crippen LogP contribution in [0.25, 0.3) is 0 Å². The van der Waals surface area contributed by atoms with Crippen LogP contribution in [0.2, 0.25) is 0 Å². The third-order valence-electron chi connectivity index (χ3n) is 5.83. The van der Waals surface area contributed by atoms with Gasteiger partial charge in [0.25, 0.3) is 0 Å². The number of thiophene rings is 1.